The van der Waals surface area contributed by atoms with E-state index in [1.807, 2.05) is 24.3 Å². The highest BCUT2D eigenvalue weighted by atomic mass is 35.5. The van der Waals surface area contributed by atoms with Gasteiger partial charge in [-0.05, 0) is 35.9 Å². The number of hydrogen-bond acceptors (Lipinski definition) is 2. The van der Waals surface area contributed by atoms with Gasteiger partial charge in [0.2, 0.25) is 5.91 Å². The summed E-state index contributed by atoms with van der Waals surface area (Å²) in [5.41, 5.74) is 2.98. The number of anilines is 2. The molecule has 1 heterocycles. The minimum atomic E-state index is -0.215. The molecule has 2 N–H and O–H groups in total. The highest BCUT2D eigenvalue weighted by molar-refractivity contribution is 6.30. The van der Waals surface area contributed by atoms with Crippen LogP contribution in [0.3, 0.4) is 0 Å². The van der Waals surface area contributed by atoms with Gasteiger partial charge in [0, 0.05) is 22.8 Å². The van der Waals surface area contributed by atoms with E-state index in [2.05, 4.69) is 10.6 Å². The van der Waals surface area contributed by atoms with Gasteiger partial charge in [-0.15, -0.1) is 12.4 Å². The number of fused-ring (bicyclic) bond motifs is 1. The van der Waals surface area contributed by atoms with E-state index < -0.39 is 0 Å². The number of amides is 1. The van der Waals surface area contributed by atoms with E-state index in [1.54, 1.807) is 24.3 Å². The summed E-state index contributed by atoms with van der Waals surface area (Å²) in [4.78, 5) is 12.2. The number of para-hydroxylation sites is 1. The molecule has 1 amide bonds. The first-order valence-corrected chi connectivity index (χ1v) is 6.51. The lowest BCUT2D eigenvalue weighted by molar-refractivity contribution is -0.116. The lowest BCUT2D eigenvalue weighted by Gasteiger charge is -2.12. The molecule has 0 unspecified atom stereocenters. The molecule has 2 aromatic rings. The third-order valence-electron chi connectivity index (χ3n) is 3.20. The van der Waals surface area contributed by atoms with Crippen LogP contribution in [0.4, 0.5) is 11.4 Å². The van der Waals surface area contributed by atoms with Crippen LogP contribution in [0.15, 0.2) is 48.5 Å². The van der Waals surface area contributed by atoms with Crippen molar-refractivity contribution in [1.29, 1.82) is 0 Å². The summed E-state index contributed by atoms with van der Waals surface area (Å²) in [6.45, 7) is 0. The molecular weight excluding hydrogens is 295 g/mol. The number of halogens is 2. The number of carbonyl (C=O) groups excluding carboxylic acids is 1. The van der Waals surface area contributed by atoms with Crippen molar-refractivity contribution in [3.63, 3.8) is 0 Å². The second kappa shape index (κ2) is 6.16. The quantitative estimate of drug-likeness (QED) is 0.887. The minimum Gasteiger partial charge on any atom is -0.373 e. The Morgan fingerprint density at radius 1 is 1.15 bits per heavy atom. The highest BCUT2D eigenvalue weighted by Crippen LogP contribution is 2.25. The maximum atomic E-state index is 12.2. The second-order valence-corrected chi connectivity index (χ2v) is 4.99. The van der Waals surface area contributed by atoms with Crippen molar-refractivity contribution < 1.29 is 4.79 Å². The van der Waals surface area contributed by atoms with Gasteiger partial charge in [-0.25, -0.2) is 0 Å². The van der Waals surface area contributed by atoms with Gasteiger partial charge < -0.3 is 10.6 Å². The Bertz CT molecular complexity index is 589. The van der Waals surface area contributed by atoms with Gasteiger partial charge >= 0.3 is 0 Å². The number of nitrogens with one attached hydrogen (secondary N) is 2. The number of benzene rings is 2. The van der Waals surface area contributed by atoms with Crippen LogP contribution in [0, 0.1) is 0 Å². The zero-order valence-electron chi connectivity index (χ0n) is 10.6. The van der Waals surface area contributed by atoms with Crippen LogP contribution in [0.25, 0.3) is 0 Å². The molecule has 20 heavy (non-hydrogen) atoms. The Kier molecular flexibility index (Phi) is 4.53. The van der Waals surface area contributed by atoms with E-state index in [0.717, 1.165) is 17.8 Å². The molecule has 0 aromatic heterocycles. The van der Waals surface area contributed by atoms with Crippen LogP contribution in [0.5, 0.6) is 0 Å². The Morgan fingerprint density at radius 3 is 2.55 bits per heavy atom. The molecular formula is C15H14Cl2N2O. The first-order valence-electron chi connectivity index (χ1n) is 6.13. The molecule has 1 atom stereocenters. The predicted molar refractivity (Wildman–Crippen MR) is 84.9 cm³/mol. The molecule has 3 nitrogen and oxygen atoms in total. The van der Waals surface area contributed by atoms with E-state index in [9.17, 15) is 4.79 Å². The van der Waals surface area contributed by atoms with Crippen molar-refractivity contribution in [2.24, 2.45) is 0 Å². The van der Waals surface area contributed by atoms with Gasteiger partial charge in [0.05, 0.1) is 0 Å². The Hall–Kier alpha value is -1.71. The van der Waals surface area contributed by atoms with E-state index >= 15 is 0 Å². The van der Waals surface area contributed by atoms with Gasteiger partial charge in [0.25, 0.3) is 0 Å². The van der Waals surface area contributed by atoms with E-state index in [-0.39, 0.29) is 24.4 Å². The maximum absolute atomic E-state index is 12.2. The Morgan fingerprint density at radius 2 is 1.85 bits per heavy atom. The summed E-state index contributed by atoms with van der Waals surface area (Å²) in [5.74, 6) is -0.0291. The van der Waals surface area contributed by atoms with Crippen LogP contribution in [0.2, 0.25) is 5.02 Å². The molecule has 0 radical (unpaired) electrons. The molecule has 5 heteroatoms. The van der Waals surface area contributed by atoms with Gasteiger partial charge in [0.15, 0.2) is 0 Å². The van der Waals surface area contributed by atoms with Crippen molar-refractivity contribution in [3.8, 4) is 0 Å². The standard InChI is InChI=1S/C15H13ClN2O.ClH/c16-11-5-7-12(8-6-11)17-15(19)14-9-10-3-1-2-4-13(10)18-14;/h1-8,14,18H,9H2,(H,17,19);1H/t14-;/m0./s1. The van der Waals surface area contributed by atoms with E-state index in [1.165, 1.54) is 5.56 Å². The molecule has 0 aliphatic carbocycles. The van der Waals surface area contributed by atoms with Crippen molar-refractivity contribution in [3.05, 3.63) is 59.1 Å². The lowest BCUT2D eigenvalue weighted by Crippen LogP contribution is -2.32. The lowest BCUT2D eigenvalue weighted by atomic mass is 10.1. The number of rotatable bonds is 2. The van der Waals surface area contributed by atoms with E-state index in [0.29, 0.717) is 5.02 Å². The van der Waals surface area contributed by atoms with Crippen molar-refractivity contribution in [2.75, 3.05) is 10.6 Å². The van der Waals surface area contributed by atoms with E-state index in [4.69, 9.17) is 11.6 Å². The normalized spacial score (nSPS) is 15.8. The molecule has 0 bridgehead atoms. The van der Waals surface area contributed by atoms with Crippen molar-refractivity contribution >= 4 is 41.3 Å². The van der Waals surface area contributed by atoms with Crippen LogP contribution < -0.4 is 10.6 Å². The third kappa shape index (κ3) is 3.06. The zero-order chi connectivity index (χ0) is 13.2. The zero-order valence-corrected chi connectivity index (χ0v) is 12.2. The molecule has 2 aromatic carbocycles. The van der Waals surface area contributed by atoms with Crippen molar-refractivity contribution in [2.45, 2.75) is 12.5 Å². The Balaban J connectivity index is 0.00000147. The summed E-state index contributed by atoms with van der Waals surface area (Å²) >= 11 is 5.81. The molecule has 104 valence electrons. The fourth-order valence-corrected chi connectivity index (χ4v) is 2.34. The second-order valence-electron chi connectivity index (χ2n) is 4.55. The fourth-order valence-electron chi connectivity index (χ4n) is 2.22. The highest BCUT2D eigenvalue weighted by Gasteiger charge is 2.26. The first kappa shape index (κ1) is 14.7. The van der Waals surface area contributed by atoms with Gasteiger partial charge in [0.1, 0.15) is 6.04 Å². The summed E-state index contributed by atoms with van der Waals surface area (Å²) in [6, 6.07) is 14.9. The minimum absolute atomic E-state index is 0. The van der Waals surface area contributed by atoms with Crippen LogP contribution in [0.1, 0.15) is 5.56 Å². The number of hydrogen-bond donors (Lipinski definition) is 2. The molecule has 0 spiro atoms. The average Bonchev–Trinajstić information content (AvgIpc) is 2.85. The van der Waals surface area contributed by atoms with Crippen molar-refractivity contribution in [1.82, 2.24) is 0 Å². The summed E-state index contributed by atoms with van der Waals surface area (Å²) in [5, 5.41) is 6.77. The molecule has 0 saturated heterocycles. The first-order chi connectivity index (χ1) is 9.22. The molecule has 1 aliphatic heterocycles. The average molecular weight is 309 g/mol. The predicted octanol–water partition coefficient (Wildman–Crippen LogP) is 3.74. The molecule has 0 fully saturated rings. The fraction of sp³-hybridized carbons (Fsp3) is 0.133. The maximum Gasteiger partial charge on any atom is 0.247 e. The van der Waals surface area contributed by atoms with Crippen LogP contribution >= 0.6 is 24.0 Å². The SMILES string of the molecule is Cl.O=C(Nc1ccc(Cl)cc1)[C@@H]1Cc2ccccc2N1. The van der Waals surface area contributed by atoms with Gasteiger partial charge in [-0.3, -0.25) is 4.79 Å². The largest absolute Gasteiger partial charge is 0.373 e. The third-order valence-corrected chi connectivity index (χ3v) is 3.45. The molecule has 3 rings (SSSR count). The smallest absolute Gasteiger partial charge is 0.247 e. The summed E-state index contributed by atoms with van der Waals surface area (Å²) < 4.78 is 0. The van der Waals surface area contributed by atoms with Crippen LogP contribution in [-0.2, 0) is 11.2 Å². The molecule has 0 saturated carbocycles. The van der Waals surface area contributed by atoms with Gasteiger partial charge in [-0.1, -0.05) is 29.8 Å². The topological polar surface area (TPSA) is 41.1 Å². The monoisotopic (exact) mass is 308 g/mol. The number of carbonyl (C=O) groups is 1. The van der Waals surface area contributed by atoms with Gasteiger partial charge in [-0.2, -0.15) is 0 Å². The summed E-state index contributed by atoms with van der Waals surface area (Å²) in [7, 11) is 0. The van der Waals surface area contributed by atoms with Crippen LogP contribution in [-0.4, -0.2) is 11.9 Å². The Labute approximate surface area is 128 Å². The molecule has 1 aliphatic rings. The summed E-state index contributed by atoms with van der Waals surface area (Å²) in [6.07, 6.45) is 0.718.